The fraction of sp³-hybridized carbons (Fsp3) is 0.565. The number of aryl methyl sites for hydroxylation is 1. The van der Waals surface area contributed by atoms with E-state index >= 15 is 0 Å². The van der Waals surface area contributed by atoms with Gasteiger partial charge in [0.2, 0.25) is 0 Å². The van der Waals surface area contributed by atoms with Gasteiger partial charge < -0.3 is 19.7 Å². The van der Waals surface area contributed by atoms with Crippen molar-refractivity contribution in [3.63, 3.8) is 0 Å². The van der Waals surface area contributed by atoms with Gasteiger partial charge in [0, 0.05) is 44.5 Å². The molecule has 30 heavy (non-hydrogen) atoms. The lowest BCUT2D eigenvalue weighted by atomic mass is 9.74. The molecule has 1 atom stereocenters. The van der Waals surface area contributed by atoms with Gasteiger partial charge in [0.15, 0.2) is 0 Å². The summed E-state index contributed by atoms with van der Waals surface area (Å²) in [6.07, 6.45) is 6.66. The molecule has 2 aliphatic rings. The van der Waals surface area contributed by atoms with Crippen molar-refractivity contribution in [1.82, 2.24) is 20.0 Å². The average molecular weight is 413 g/mol. The number of hydrogen-bond donors (Lipinski definition) is 1. The molecular weight excluding hydrogens is 380 g/mol. The van der Waals surface area contributed by atoms with Crippen molar-refractivity contribution in [2.45, 2.75) is 44.6 Å². The minimum atomic E-state index is -0.100. The van der Waals surface area contributed by atoms with Gasteiger partial charge in [0.1, 0.15) is 5.75 Å². The summed E-state index contributed by atoms with van der Waals surface area (Å²) >= 11 is 0. The number of carbonyl (C=O) groups excluding carboxylic acids is 1. The highest BCUT2D eigenvalue weighted by atomic mass is 16.5. The Balaban J connectivity index is 1.39. The van der Waals surface area contributed by atoms with E-state index in [9.17, 15) is 4.79 Å². The van der Waals surface area contributed by atoms with E-state index in [0.717, 1.165) is 37.1 Å². The lowest BCUT2D eigenvalue weighted by Gasteiger charge is -2.38. The quantitative estimate of drug-likeness (QED) is 0.791. The number of benzene rings is 1. The van der Waals surface area contributed by atoms with Gasteiger partial charge in [-0.1, -0.05) is 12.1 Å². The lowest BCUT2D eigenvalue weighted by molar-refractivity contribution is 0.0502. The third kappa shape index (κ3) is 4.46. The summed E-state index contributed by atoms with van der Waals surface area (Å²) in [7, 11) is 0. The maximum atomic E-state index is 12.9. The van der Waals surface area contributed by atoms with Crippen LogP contribution in [-0.2, 0) is 10.2 Å². The number of nitrogens with zero attached hydrogens (tertiary/aromatic N) is 3. The number of hydrogen-bond acceptors (Lipinski definition) is 4. The molecule has 1 unspecified atom stereocenters. The Morgan fingerprint density at radius 2 is 2.07 bits per heavy atom. The molecule has 2 fully saturated rings. The zero-order chi connectivity index (χ0) is 21.0. The third-order valence-electron chi connectivity index (χ3n) is 6.36. The molecule has 2 amide bonds. The molecule has 2 aromatic rings. The van der Waals surface area contributed by atoms with Crippen molar-refractivity contribution < 1.29 is 14.3 Å². The van der Waals surface area contributed by atoms with Gasteiger partial charge in [0.05, 0.1) is 18.8 Å². The fourth-order valence-corrected chi connectivity index (χ4v) is 4.53. The van der Waals surface area contributed by atoms with E-state index in [1.807, 2.05) is 41.8 Å². The van der Waals surface area contributed by atoms with Crippen LogP contribution in [0, 0.1) is 6.92 Å². The van der Waals surface area contributed by atoms with Crippen molar-refractivity contribution in [2.75, 3.05) is 39.5 Å². The molecule has 3 heterocycles. The number of ether oxygens (including phenoxy) is 2. The van der Waals surface area contributed by atoms with Crippen LogP contribution in [0.5, 0.6) is 5.75 Å². The first kappa shape index (κ1) is 20.7. The zero-order valence-electron chi connectivity index (χ0n) is 18.0. The van der Waals surface area contributed by atoms with Crippen LogP contribution in [0.4, 0.5) is 4.79 Å². The maximum absolute atomic E-state index is 12.9. The highest BCUT2D eigenvalue weighted by Crippen LogP contribution is 2.35. The van der Waals surface area contributed by atoms with Gasteiger partial charge in [-0.3, -0.25) is 4.68 Å². The lowest BCUT2D eigenvalue weighted by Crippen LogP contribution is -2.48. The Kier molecular flexibility index (Phi) is 6.27. The van der Waals surface area contributed by atoms with Crippen LogP contribution < -0.4 is 10.1 Å². The predicted octanol–water partition coefficient (Wildman–Crippen LogP) is 3.30. The molecule has 0 bridgehead atoms. The van der Waals surface area contributed by atoms with E-state index in [4.69, 9.17) is 9.47 Å². The van der Waals surface area contributed by atoms with E-state index in [-0.39, 0.29) is 17.5 Å². The monoisotopic (exact) mass is 412 g/mol. The first-order valence-corrected chi connectivity index (χ1v) is 10.9. The number of carbonyl (C=O) groups is 1. The molecular formula is C23H32N4O3. The van der Waals surface area contributed by atoms with Crippen LogP contribution in [0.2, 0.25) is 0 Å². The number of likely N-dealkylation sites (tertiary alicyclic amines) is 1. The number of aromatic nitrogens is 2. The summed E-state index contributed by atoms with van der Waals surface area (Å²) in [5.41, 5.74) is 2.28. The second-order valence-corrected chi connectivity index (χ2v) is 8.40. The summed E-state index contributed by atoms with van der Waals surface area (Å²) in [6.45, 7) is 8.19. The Labute approximate surface area is 178 Å². The summed E-state index contributed by atoms with van der Waals surface area (Å²) < 4.78 is 13.2. The Morgan fingerprint density at radius 3 is 2.73 bits per heavy atom. The number of amides is 2. The molecule has 162 valence electrons. The SMILES string of the molecule is CCOc1ccc(C2(CNC(=O)N3CCC(n4cc(C)cn4)C3)CCOCC2)cc1. The summed E-state index contributed by atoms with van der Waals surface area (Å²) in [4.78, 5) is 14.8. The average Bonchev–Trinajstić information content (AvgIpc) is 3.43. The molecule has 1 aromatic carbocycles. The molecule has 0 spiro atoms. The predicted molar refractivity (Wildman–Crippen MR) is 115 cm³/mol. The molecule has 0 radical (unpaired) electrons. The van der Waals surface area contributed by atoms with Crippen LogP contribution in [0.15, 0.2) is 36.7 Å². The van der Waals surface area contributed by atoms with E-state index in [1.165, 1.54) is 5.56 Å². The van der Waals surface area contributed by atoms with E-state index < -0.39 is 0 Å². The van der Waals surface area contributed by atoms with Gasteiger partial charge in [-0.25, -0.2) is 4.79 Å². The Morgan fingerprint density at radius 1 is 1.30 bits per heavy atom. The Bertz CT molecular complexity index is 842. The Hall–Kier alpha value is -2.54. The molecule has 2 saturated heterocycles. The molecule has 7 nitrogen and oxygen atoms in total. The van der Waals surface area contributed by atoms with Crippen molar-refractivity contribution in [1.29, 1.82) is 0 Å². The molecule has 1 N–H and O–H groups in total. The van der Waals surface area contributed by atoms with Crippen molar-refractivity contribution in [2.24, 2.45) is 0 Å². The number of nitrogens with one attached hydrogen (secondary N) is 1. The largest absolute Gasteiger partial charge is 0.494 e. The summed E-state index contributed by atoms with van der Waals surface area (Å²) in [6, 6.07) is 8.58. The number of urea groups is 1. The summed E-state index contributed by atoms with van der Waals surface area (Å²) in [5.74, 6) is 0.879. The zero-order valence-corrected chi connectivity index (χ0v) is 18.0. The molecule has 4 rings (SSSR count). The normalized spacial score (nSPS) is 20.9. The second kappa shape index (κ2) is 9.08. The highest BCUT2D eigenvalue weighted by Gasteiger charge is 2.36. The number of rotatable bonds is 6. The smallest absolute Gasteiger partial charge is 0.317 e. The highest BCUT2D eigenvalue weighted by molar-refractivity contribution is 5.74. The minimum Gasteiger partial charge on any atom is -0.494 e. The van der Waals surface area contributed by atoms with Gasteiger partial charge in [-0.15, -0.1) is 0 Å². The van der Waals surface area contributed by atoms with Crippen LogP contribution >= 0.6 is 0 Å². The molecule has 0 aliphatic carbocycles. The van der Waals surface area contributed by atoms with E-state index in [2.05, 4.69) is 28.7 Å². The second-order valence-electron chi connectivity index (χ2n) is 8.40. The van der Waals surface area contributed by atoms with Gasteiger partial charge in [0.25, 0.3) is 0 Å². The first-order chi connectivity index (χ1) is 14.6. The van der Waals surface area contributed by atoms with Crippen LogP contribution in [0.3, 0.4) is 0 Å². The summed E-state index contributed by atoms with van der Waals surface area (Å²) in [5, 5.41) is 7.64. The van der Waals surface area contributed by atoms with Crippen LogP contribution in [-0.4, -0.2) is 60.2 Å². The molecule has 7 heteroatoms. The maximum Gasteiger partial charge on any atom is 0.317 e. The molecule has 1 aromatic heterocycles. The standard InChI is InChI=1S/C23H32N4O3/c1-3-30-21-6-4-19(5-7-21)23(9-12-29-13-10-23)17-24-22(28)26-11-8-20(16-26)27-15-18(2)14-25-27/h4-7,14-15,20H,3,8-13,16-17H2,1-2H3,(H,24,28). The van der Waals surface area contributed by atoms with E-state index in [0.29, 0.717) is 32.9 Å². The molecule has 2 aliphatic heterocycles. The topological polar surface area (TPSA) is 68.6 Å². The van der Waals surface area contributed by atoms with Gasteiger partial charge in [-0.05, 0) is 56.4 Å². The van der Waals surface area contributed by atoms with Crippen molar-refractivity contribution in [3.8, 4) is 5.75 Å². The minimum absolute atomic E-state index is 0.0122. The van der Waals surface area contributed by atoms with Gasteiger partial charge in [-0.2, -0.15) is 5.10 Å². The van der Waals surface area contributed by atoms with Crippen LogP contribution in [0.25, 0.3) is 0 Å². The van der Waals surface area contributed by atoms with E-state index in [1.54, 1.807) is 0 Å². The van der Waals surface area contributed by atoms with Gasteiger partial charge >= 0.3 is 6.03 Å². The fourth-order valence-electron chi connectivity index (χ4n) is 4.53. The third-order valence-corrected chi connectivity index (χ3v) is 6.36. The van der Waals surface area contributed by atoms with Crippen molar-refractivity contribution >= 4 is 6.03 Å². The van der Waals surface area contributed by atoms with Crippen molar-refractivity contribution in [3.05, 3.63) is 47.8 Å². The first-order valence-electron chi connectivity index (χ1n) is 10.9. The van der Waals surface area contributed by atoms with Crippen LogP contribution in [0.1, 0.15) is 43.4 Å². The molecule has 0 saturated carbocycles.